The van der Waals surface area contributed by atoms with E-state index in [2.05, 4.69) is 88.2 Å². The summed E-state index contributed by atoms with van der Waals surface area (Å²) in [4.78, 5) is 14.7. The van der Waals surface area contributed by atoms with Crippen LogP contribution < -0.4 is 16.0 Å². The quantitative estimate of drug-likeness (QED) is 0.197. The summed E-state index contributed by atoms with van der Waals surface area (Å²) in [5.41, 5.74) is 5.18. The Bertz CT molecular complexity index is 1230. The molecule has 4 rings (SSSR count). The third-order valence-corrected chi connectivity index (χ3v) is 6.27. The van der Waals surface area contributed by atoms with E-state index in [4.69, 9.17) is 0 Å². The Labute approximate surface area is 214 Å². The molecule has 1 aromatic heterocycles. The standard InChI is InChI=1S/C30H37N5O/c1-34(2)21-22-35-20-18-25-23-28(16-17-29(25)35)33-30(36)32-27-14-12-26(13-15-27)31-19-8-4-7-11-24-9-5-3-6-10-24/h3,5-6,9-10,12-18,20,23,31H,4,7-8,11,19,21-22H2,1-2H3,(H2,32,33,36). The number of nitrogens with one attached hydrogen (secondary N) is 3. The molecule has 0 aliphatic heterocycles. The summed E-state index contributed by atoms with van der Waals surface area (Å²) >= 11 is 0. The van der Waals surface area contributed by atoms with E-state index >= 15 is 0 Å². The molecule has 3 N–H and O–H groups in total. The Balaban J connectivity index is 1.18. The number of unbranched alkanes of at least 4 members (excludes halogenated alkanes) is 2. The van der Waals surface area contributed by atoms with Crippen molar-refractivity contribution in [3.8, 4) is 0 Å². The number of aryl methyl sites for hydroxylation is 1. The maximum atomic E-state index is 12.5. The van der Waals surface area contributed by atoms with E-state index in [1.54, 1.807) is 0 Å². The summed E-state index contributed by atoms with van der Waals surface area (Å²) in [6.07, 6.45) is 6.78. The number of nitrogens with zero attached hydrogens (tertiary/aromatic N) is 2. The van der Waals surface area contributed by atoms with Crippen LogP contribution in [0.15, 0.2) is 85.1 Å². The molecule has 0 fully saturated rings. The van der Waals surface area contributed by atoms with E-state index in [0.717, 1.165) is 54.9 Å². The van der Waals surface area contributed by atoms with Gasteiger partial charge >= 0.3 is 6.03 Å². The molecule has 6 nitrogen and oxygen atoms in total. The number of urea groups is 1. The van der Waals surface area contributed by atoms with Crippen molar-refractivity contribution in [1.29, 1.82) is 0 Å². The van der Waals surface area contributed by atoms with Crippen LogP contribution in [0.5, 0.6) is 0 Å². The molecule has 0 unspecified atom stereocenters. The molecular weight excluding hydrogens is 446 g/mol. The summed E-state index contributed by atoms with van der Waals surface area (Å²) in [7, 11) is 4.15. The highest BCUT2D eigenvalue weighted by atomic mass is 16.2. The number of aromatic nitrogens is 1. The van der Waals surface area contributed by atoms with Crippen LogP contribution in [-0.4, -0.2) is 42.7 Å². The second kappa shape index (κ2) is 12.8. The van der Waals surface area contributed by atoms with Gasteiger partial charge in [0.1, 0.15) is 0 Å². The van der Waals surface area contributed by atoms with E-state index in [1.807, 2.05) is 36.4 Å². The number of rotatable bonds is 12. The van der Waals surface area contributed by atoms with Crippen LogP contribution in [0.2, 0.25) is 0 Å². The predicted octanol–water partition coefficient (Wildman–Crippen LogP) is 6.67. The number of amides is 2. The first kappa shape index (κ1) is 25.3. The average molecular weight is 484 g/mol. The number of hydrogen-bond donors (Lipinski definition) is 3. The van der Waals surface area contributed by atoms with Gasteiger partial charge in [-0.25, -0.2) is 4.79 Å². The molecule has 36 heavy (non-hydrogen) atoms. The molecule has 0 radical (unpaired) electrons. The van der Waals surface area contributed by atoms with Gasteiger partial charge in [-0.05, 0) is 87.5 Å². The van der Waals surface area contributed by atoms with Crippen molar-refractivity contribution >= 4 is 34.0 Å². The van der Waals surface area contributed by atoms with Crippen LogP contribution in [0.4, 0.5) is 21.9 Å². The number of carbonyl (C=O) groups is 1. The monoisotopic (exact) mass is 483 g/mol. The van der Waals surface area contributed by atoms with Gasteiger partial charge in [-0.15, -0.1) is 0 Å². The maximum Gasteiger partial charge on any atom is 0.323 e. The number of hydrogen-bond acceptors (Lipinski definition) is 3. The van der Waals surface area contributed by atoms with Crippen molar-refractivity contribution in [1.82, 2.24) is 9.47 Å². The Morgan fingerprint density at radius 2 is 1.53 bits per heavy atom. The second-order valence-corrected chi connectivity index (χ2v) is 9.47. The van der Waals surface area contributed by atoms with Crippen molar-refractivity contribution in [2.24, 2.45) is 0 Å². The van der Waals surface area contributed by atoms with Gasteiger partial charge in [0.05, 0.1) is 0 Å². The zero-order valence-corrected chi connectivity index (χ0v) is 21.3. The lowest BCUT2D eigenvalue weighted by Gasteiger charge is -2.12. The van der Waals surface area contributed by atoms with Crippen molar-refractivity contribution < 1.29 is 4.79 Å². The summed E-state index contributed by atoms with van der Waals surface area (Å²) in [6.45, 7) is 2.86. The summed E-state index contributed by atoms with van der Waals surface area (Å²) in [5, 5.41) is 10.4. The summed E-state index contributed by atoms with van der Waals surface area (Å²) < 4.78 is 2.24. The van der Waals surface area contributed by atoms with E-state index in [1.165, 1.54) is 23.9 Å². The summed E-state index contributed by atoms with van der Waals surface area (Å²) in [6, 6.07) is 26.3. The fourth-order valence-corrected chi connectivity index (χ4v) is 4.25. The molecule has 188 valence electrons. The van der Waals surface area contributed by atoms with Gasteiger partial charge in [-0.1, -0.05) is 36.8 Å². The Hall–Kier alpha value is -3.77. The van der Waals surface area contributed by atoms with E-state index in [-0.39, 0.29) is 6.03 Å². The maximum absolute atomic E-state index is 12.5. The van der Waals surface area contributed by atoms with E-state index < -0.39 is 0 Å². The molecule has 2 amide bonds. The molecule has 0 aliphatic rings. The molecule has 0 atom stereocenters. The third kappa shape index (κ3) is 7.62. The minimum absolute atomic E-state index is 0.250. The smallest absolute Gasteiger partial charge is 0.323 e. The molecule has 0 saturated heterocycles. The molecule has 4 aromatic rings. The van der Waals surface area contributed by atoms with Gasteiger partial charge in [-0.3, -0.25) is 0 Å². The predicted molar refractivity (Wildman–Crippen MR) is 152 cm³/mol. The zero-order chi connectivity index (χ0) is 25.2. The van der Waals surface area contributed by atoms with Gasteiger partial charge in [-0.2, -0.15) is 0 Å². The average Bonchev–Trinajstić information content (AvgIpc) is 3.28. The summed E-state index contributed by atoms with van der Waals surface area (Å²) in [5.74, 6) is 0. The van der Waals surface area contributed by atoms with Gasteiger partial charge in [0.2, 0.25) is 0 Å². The van der Waals surface area contributed by atoms with Crippen molar-refractivity contribution in [2.45, 2.75) is 32.2 Å². The normalized spacial score (nSPS) is 11.1. The largest absolute Gasteiger partial charge is 0.385 e. The van der Waals surface area contributed by atoms with Crippen LogP contribution in [0.1, 0.15) is 24.8 Å². The van der Waals surface area contributed by atoms with Crippen molar-refractivity contribution in [3.63, 3.8) is 0 Å². The van der Waals surface area contributed by atoms with Crippen LogP contribution in [0.25, 0.3) is 10.9 Å². The molecule has 0 bridgehead atoms. The van der Waals surface area contributed by atoms with Gasteiger partial charge in [0.15, 0.2) is 0 Å². The topological polar surface area (TPSA) is 61.3 Å². The lowest BCUT2D eigenvalue weighted by Crippen LogP contribution is -2.19. The molecule has 1 heterocycles. The minimum atomic E-state index is -0.250. The minimum Gasteiger partial charge on any atom is -0.385 e. The number of carbonyl (C=O) groups excluding carboxylic acids is 1. The molecule has 3 aromatic carbocycles. The van der Waals surface area contributed by atoms with E-state index in [9.17, 15) is 4.79 Å². The van der Waals surface area contributed by atoms with Crippen molar-refractivity contribution in [3.05, 3.63) is 90.6 Å². The molecule has 6 heteroatoms. The highest BCUT2D eigenvalue weighted by Crippen LogP contribution is 2.21. The van der Waals surface area contributed by atoms with Crippen LogP contribution in [0, 0.1) is 0 Å². The van der Waals surface area contributed by atoms with Crippen LogP contribution >= 0.6 is 0 Å². The lowest BCUT2D eigenvalue weighted by atomic mass is 10.1. The van der Waals surface area contributed by atoms with Crippen LogP contribution in [0.3, 0.4) is 0 Å². The lowest BCUT2D eigenvalue weighted by molar-refractivity contribution is 0.262. The first-order chi connectivity index (χ1) is 17.6. The number of fused-ring (bicyclic) bond motifs is 1. The number of anilines is 3. The van der Waals surface area contributed by atoms with Gasteiger partial charge < -0.3 is 25.4 Å². The van der Waals surface area contributed by atoms with Gasteiger partial charge in [0, 0.05) is 53.8 Å². The van der Waals surface area contributed by atoms with E-state index in [0.29, 0.717) is 0 Å². The Kier molecular flexibility index (Phi) is 9.00. The SMILES string of the molecule is CN(C)CCn1ccc2cc(NC(=O)Nc3ccc(NCCCCCc4ccccc4)cc3)ccc21. The highest BCUT2D eigenvalue weighted by Gasteiger charge is 2.06. The zero-order valence-electron chi connectivity index (χ0n) is 21.3. The first-order valence-electron chi connectivity index (χ1n) is 12.8. The highest BCUT2D eigenvalue weighted by molar-refractivity contribution is 6.01. The fraction of sp³-hybridized carbons (Fsp3) is 0.300. The molecule has 0 aliphatic carbocycles. The molecule has 0 spiro atoms. The second-order valence-electron chi connectivity index (χ2n) is 9.47. The van der Waals surface area contributed by atoms with Crippen LogP contribution in [-0.2, 0) is 13.0 Å². The Morgan fingerprint density at radius 3 is 2.31 bits per heavy atom. The number of benzene rings is 3. The third-order valence-electron chi connectivity index (χ3n) is 6.27. The Morgan fingerprint density at radius 1 is 0.806 bits per heavy atom. The fourth-order valence-electron chi connectivity index (χ4n) is 4.25. The van der Waals surface area contributed by atoms with Gasteiger partial charge in [0.25, 0.3) is 0 Å². The van der Waals surface area contributed by atoms with Crippen molar-refractivity contribution in [2.75, 3.05) is 43.1 Å². The molecular formula is C30H37N5O. The number of likely N-dealkylation sites (N-methyl/N-ethyl adjacent to an activating group) is 1. The molecule has 0 saturated carbocycles. The first-order valence-corrected chi connectivity index (χ1v) is 12.8.